The van der Waals surface area contributed by atoms with Crippen molar-refractivity contribution in [3.8, 4) is 22.4 Å². The molecule has 5 rings (SSSR count). The number of fused-ring (bicyclic) bond motifs is 2. The summed E-state index contributed by atoms with van der Waals surface area (Å²) < 4.78 is 21.3. The van der Waals surface area contributed by atoms with Crippen LogP contribution in [0.3, 0.4) is 0 Å². The van der Waals surface area contributed by atoms with Crippen molar-refractivity contribution in [2.24, 2.45) is 0 Å². The molecule has 0 radical (unpaired) electrons. The van der Waals surface area contributed by atoms with Crippen molar-refractivity contribution >= 4 is 11.0 Å². The summed E-state index contributed by atoms with van der Waals surface area (Å²) in [5.74, 6) is -0.266. The van der Waals surface area contributed by atoms with Crippen LogP contribution in [0, 0.1) is 5.82 Å². The van der Waals surface area contributed by atoms with Gasteiger partial charge >= 0.3 is 0 Å². The highest BCUT2D eigenvalue weighted by molar-refractivity contribution is 5.97. The van der Waals surface area contributed by atoms with Crippen molar-refractivity contribution in [3.05, 3.63) is 54.2 Å². The molecule has 26 heavy (non-hydrogen) atoms. The first-order valence-corrected chi connectivity index (χ1v) is 8.46. The van der Waals surface area contributed by atoms with Gasteiger partial charge in [-0.1, -0.05) is 0 Å². The van der Waals surface area contributed by atoms with Crippen molar-refractivity contribution in [2.45, 2.75) is 26.2 Å². The van der Waals surface area contributed by atoms with Crippen LogP contribution in [0.5, 0.6) is 0 Å². The smallest absolute Gasteiger partial charge is 0.155 e. The molecule has 0 amide bonds. The topological polar surface area (TPSA) is 68.6 Å². The molecule has 0 saturated heterocycles. The number of nitrogens with zero attached hydrogens (tertiary/aromatic N) is 4. The van der Waals surface area contributed by atoms with Gasteiger partial charge in [-0.2, -0.15) is 10.2 Å². The number of hydrogen-bond donors (Lipinski definition) is 1. The summed E-state index contributed by atoms with van der Waals surface area (Å²) in [4.78, 5) is 4.32. The Morgan fingerprint density at radius 2 is 2.08 bits per heavy atom. The number of ether oxygens (including phenoxy) is 1. The van der Waals surface area contributed by atoms with Gasteiger partial charge in [0.1, 0.15) is 11.5 Å². The highest BCUT2D eigenvalue weighted by Crippen LogP contribution is 2.39. The number of pyridine rings is 1. The van der Waals surface area contributed by atoms with Gasteiger partial charge in [0.05, 0.1) is 31.1 Å². The second kappa shape index (κ2) is 5.74. The Labute approximate surface area is 148 Å². The summed E-state index contributed by atoms with van der Waals surface area (Å²) in [7, 11) is 0. The molecular formula is C19H16FN5O. The Bertz CT molecular complexity index is 1100. The van der Waals surface area contributed by atoms with Crippen LogP contribution >= 0.6 is 0 Å². The van der Waals surface area contributed by atoms with Gasteiger partial charge in [-0.05, 0) is 42.8 Å². The first kappa shape index (κ1) is 15.2. The number of aromatic nitrogens is 5. The van der Waals surface area contributed by atoms with E-state index in [2.05, 4.69) is 15.2 Å². The summed E-state index contributed by atoms with van der Waals surface area (Å²) in [5, 5.41) is 12.8. The molecule has 0 spiro atoms. The minimum absolute atomic E-state index is 0.0997. The number of hydrogen-bond acceptors (Lipinski definition) is 4. The monoisotopic (exact) mass is 349 g/mol. The molecule has 1 N–H and O–H groups in total. The van der Waals surface area contributed by atoms with E-state index in [9.17, 15) is 4.39 Å². The molecule has 6 nitrogen and oxygen atoms in total. The molecule has 3 aromatic heterocycles. The van der Waals surface area contributed by atoms with Gasteiger partial charge in [0.15, 0.2) is 5.65 Å². The van der Waals surface area contributed by atoms with Crippen molar-refractivity contribution in [1.29, 1.82) is 0 Å². The summed E-state index contributed by atoms with van der Waals surface area (Å²) in [6.45, 7) is 3.19. The SMILES string of the molecule is C[C@@H]1Cn2nc(-c3ccc(F)cc3)c(-c3ccnc4[nH]ncc34)c2CO1. The van der Waals surface area contributed by atoms with Crippen molar-refractivity contribution in [2.75, 3.05) is 0 Å². The third kappa shape index (κ3) is 2.32. The van der Waals surface area contributed by atoms with Gasteiger partial charge in [-0.25, -0.2) is 9.37 Å². The van der Waals surface area contributed by atoms with Crippen LogP contribution in [0.25, 0.3) is 33.4 Å². The van der Waals surface area contributed by atoms with E-state index >= 15 is 0 Å². The third-order valence-electron chi connectivity index (χ3n) is 4.73. The number of benzene rings is 1. The van der Waals surface area contributed by atoms with Gasteiger partial charge in [0.2, 0.25) is 0 Å². The lowest BCUT2D eigenvalue weighted by Gasteiger charge is -2.21. The molecule has 0 aliphatic carbocycles. The molecule has 4 aromatic rings. The molecule has 0 saturated carbocycles. The van der Waals surface area contributed by atoms with Gasteiger partial charge in [0, 0.05) is 22.7 Å². The summed E-state index contributed by atoms with van der Waals surface area (Å²) >= 11 is 0. The summed E-state index contributed by atoms with van der Waals surface area (Å²) in [6, 6.07) is 8.38. The van der Waals surface area contributed by atoms with Crippen molar-refractivity contribution in [3.63, 3.8) is 0 Å². The van der Waals surface area contributed by atoms with E-state index in [-0.39, 0.29) is 11.9 Å². The Kier molecular flexibility index (Phi) is 3.36. The minimum Gasteiger partial charge on any atom is -0.370 e. The van der Waals surface area contributed by atoms with Gasteiger partial charge in [-0.15, -0.1) is 0 Å². The zero-order valence-electron chi connectivity index (χ0n) is 14.1. The highest BCUT2D eigenvalue weighted by atomic mass is 19.1. The highest BCUT2D eigenvalue weighted by Gasteiger charge is 2.26. The lowest BCUT2D eigenvalue weighted by atomic mass is 9.97. The second-order valence-corrected chi connectivity index (χ2v) is 6.47. The maximum absolute atomic E-state index is 13.4. The zero-order chi connectivity index (χ0) is 17.7. The molecule has 0 unspecified atom stereocenters. The van der Waals surface area contributed by atoms with Crippen LogP contribution in [-0.4, -0.2) is 31.1 Å². The molecule has 130 valence electrons. The number of nitrogens with one attached hydrogen (secondary N) is 1. The van der Waals surface area contributed by atoms with Crippen LogP contribution < -0.4 is 0 Å². The maximum Gasteiger partial charge on any atom is 0.155 e. The van der Waals surface area contributed by atoms with E-state index in [4.69, 9.17) is 9.84 Å². The van der Waals surface area contributed by atoms with E-state index in [1.807, 2.05) is 17.7 Å². The fourth-order valence-corrected chi connectivity index (χ4v) is 3.47. The van der Waals surface area contributed by atoms with E-state index < -0.39 is 0 Å². The Morgan fingerprint density at radius 1 is 1.23 bits per heavy atom. The van der Waals surface area contributed by atoms with Gasteiger partial charge < -0.3 is 4.74 Å². The predicted molar refractivity (Wildman–Crippen MR) is 94.8 cm³/mol. The third-order valence-corrected chi connectivity index (χ3v) is 4.73. The molecule has 1 aliphatic rings. The lowest BCUT2D eigenvalue weighted by Crippen LogP contribution is -2.25. The second-order valence-electron chi connectivity index (χ2n) is 6.47. The van der Waals surface area contributed by atoms with Crippen LogP contribution in [0.2, 0.25) is 0 Å². The fraction of sp³-hybridized carbons (Fsp3) is 0.211. The summed E-state index contributed by atoms with van der Waals surface area (Å²) in [5.41, 5.74) is 5.38. The quantitative estimate of drug-likeness (QED) is 0.601. The van der Waals surface area contributed by atoms with Crippen LogP contribution in [-0.2, 0) is 17.9 Å². The van der Waals surface area contributed by atoms with Gasteiger partial charge in [0.25, 0.3) is 0 Å². The average molecular weight is 349 g/mol. The normalized spacial score (nSPS) is 16.8. The number of H-pyrrole nitrogens is 1. The fourth-order valence-electron chi connectivity index (χ4n) is 3.47. The maximum atomic E-state index is 13.4. The molecule has 1 aliphatic heterocycles. The van der Waals surface area contributed by atoms with Crippen LogP contribution in [0.4, 0.5) is 4.39 Å². The lowest BCUT2D eigenvalue weighted by molar-refractivity contribution is 0.0128. The Balaban J connectivity index is 1.80. The van der Waals surface area contributed by atoms with Gasteiger partial charge in [-0.3, -0.25) is 9.78 Å². The van der Waals surface area contributed by atoms with E-state index in [0.717, 1.165) is 39.1 Å². The first-order chi connectivity index (χ1) is 12.7. The molecule has 1 aromatic carbocycles. The minimum atomic E-state index is -0.266. The number of halogens is 1. The zero-order valence-corrected chi connectivity index (χ0v) is 14.1. The molecular weight excluding hydrogens is 333 g/mol. The van der Waals surface area contributed by atoms with E-state index in [1.165, 1.54) is 12.1 Å². The molecule has 0 bridgehead atoms. The predicted octanol–water partition coefficient (Wildman–Crippen LogP) is 3.55. The largest absolute Gasteiger partial charge is 0.370 e. The molecule has 0 fully saturated rings. The van der Waals surface area contributed by atoms with E-state index in [1.54, 1.807) is 24.5 Å². The Morgan fingerprint density at radius 3 is 2.92 bits per heavy atom. The van der Waals surface area contributed by atoms with Crippen LogP contribution in [0.15, 0.2) is 42.7 Å². The number of rotatable bonds is 2. The van der Waals surface area contributed by atoms with Crippen LogP contribution in [0.1, 0.15) is 12.6 Å². The summed E-state index contributed by atoms with van der Waals surface area (Å²) in [6.07, 6.45) is 3.62. The van der Waals surface area contributed by atoms with E-state index in [0.29, 0.717) is 13.2 Å². The molecule has 7 heteroatoms. The Hall–Kier alpha value is -3.06. The first-order valence-electron chi connectivity index (χ1n) is 8.46. The standard InChI is InChI=1S/C19H16FN5O/c1-11-9-25-16(10-26-11)17(14-6-7-21-19-15(14)8-22-23-19)18(24-25)12-2-4-13(20)5-3-12/h2-8,11H,9-10H2,1H3,(H,21,22,23)/t11-/m1/s1. The van der Waals surface area contributed by atoms with Crippen molar-refractivity contribution in [1.82, 2.24) is 25.0 Å². The number of aromatic amines is 1. The molecule has 4 heterocycles. The molecule has 1 atom stereocenters. The van der Waals surface area contributed by atoms with Crippen molar-refractivity contribution < 1.29 is 9.13 Å². The average Bonchev–Trinajstić information content (AvgIpc) is 3.26.